The van der Waals surface area contributed by atoms with Crippen LogP contribution in [-0.4, -0.2) is 30.1 Å². The number of hydrogen-bond acceptors (Lipinski definition) is 4. The lowest BCUT2D eigenvalue weighted by Gasteiger charge is -2.31. The normalized spacial score (nSPS) is 17.1. The van der Waals surface area contributed by atoms with E-state index in [1.54, 1.807) is 18.9 Å². The molecular weight excluding hydrogens is 306 g/mol. The number of anilines is 1. The molecule has 0 radical (unpaired) electrons. The fourth-order valence-corrected chi connectivity index (χ4v) is 3.07. The molecule has 1 aromatic heterocycles. The summed E-state index contributed by atoms with van der Waals surface area (Å²) in [6.07, 6.45) is 0.479. The van der Waals surface area contributed by atoms with Crippen LogP contribution in [0.4, 0.5) is 5.69 Å². The van der Waals surface area contributed by atoms with Gasteiger partial charge in [-0.3, -0.25) is 9.59 Å². The van der Waals surface area contributed by atoms with Crippen molar-refractivity contribution in [3.8, 4) is 0 Å². The zero-order chi connectivity index (χ0) is 17.4. The van der Waals surface area contributed by atoms with Crippen molar-refractivity contribution in [2.75, 3.05) is 11.9 Å². The van der Waals surface area contributed by atoms with Crippen molar-refractivity contribution in [1.29, 1.82) is 0 Å². The number of likely N-dealkylation sites (N-methyl/N-ethyl adjacent to an activating group) is 1. The number of carbonyl (C=O) groups is 2. The third-order valence-corrected chi connectivity index (χ3v) is 4.35. The molecule has 1 aromatic carbocycles. The Morgan fingerprint density at radius 1 is 1.38 bits per heavy atom. The number of benzene rings is 1. The summed E-state index contributed by atoms with van der Waals surface area (Å²) in [5, 5.41) is 6.74. The van der Waals surface area contributed by atoms with Crippen molar-refractivity contribution < 1.29 is 14.1 Å². The van der Waals surface area contributed by atoms with E-state index < -0.39 is 6.04 Å². The van der Waals surface area contributed by atoms with Crippen LogP contribution in [0.2, 0.25) is 0 Å². The monoisotopic (exact) mass is 327 g/mol. The minimum atomic E-state index is -0.591. The molecule has 1 unspecified atom stereocenters. The quantitative estimate of drug-likeness (QED) is 0.939. The van der Waals surface area contributed by atoms with E-state index in [2.05, 4.69) is 10.5 Å². The Balaban J connectivity index is 1.86. The number of para-hydroxylation sites is 1. The molecule has 0 aliphatic carbocycles. The molecule has 2 heterocycles. The summed E-state index contributed by atoms with van der Waals surface area (Å²) >= 11 is 0. The highest BCUT2D eigenvalue weighted by molar-refractivity contribution is 6.04. The van der Waals surface area contributed by atoms with Crippen molar-refractivity contribution in [2.24, 2.45) is 0 Å². The van der Waals surface area contributed by atoms with Crippen LogP contribution in [0.5, 0.6) is 0 Å². The number of rotatable bonds is 3. The van der Waals surface area contributed by atoms with E-state index >= 15 is 0 Å². The minimum absolute atomic E-state index is 0.0393. The minimum Gasteiger partial charge on any atom is -0.360 e. The fraction of sp³-hybridized carbons (Fsp3) is 0.389. The van der Waals surface area contributed by atoms with Crippen LogP contribution in [0.15, 0.2) is 28.8 Å². The molecule has 0 fully saturated rings. The summed E-state index contributed by atoms with van der Waals surface area (Å²) in [6, 6.07) is 7.12. The number of hydrogen-bond donors (Lipinski definition) is 1. The standard InChI is InChI=1S/C18H21N3O3/c1-10(2)16-15(11(3)20-24-16)17(22)19-13-9-12-7-5-6-8-14(12)21(4)18(13)23/h5-8,10,13H,9H2,1-4H3,(H,19,22). The Bertz CT molecular complexity index is 795. The summed E-state index contributed by atoms with van der Waals surface area (Å²) in [6.45, 7) is 5.60. The second-order valence-corrected chi connectivity index (χ2v) is 6.42. The molecule has 0 spiro atoms. The van der Waals surface area contributed by atoms with Gasteiger partial charge in [-0.15, -0.1) is 0 Å². The third kappa shape index (κ3) is 2.68. The number of amides is 2. The van der Waals surface area contributed by atoms with Gasteiger partial charge in [0.1, 0.15) is 11.6 Å². The Labute approximate surface area is 140 Å². The molecule has 3 rings (SSSR count). The molecule has 6 nitrogen and oxygen atoms in total. The first kappa shape index (κ1) is 16.2. The van der Waals surface area contributed by atoms with Crippen LogP contribution in [-0.2, 0) is 11.2 Å². The third-order valence-electron chi connectivity index (χ3n) is 4.35. The molecule has 0 saturated carbocycles. The lowest BCUT2D eigenvalue weighted by atomic mass is 9.97. The average Bonchev–Trinajstić information content (AvgIpc) is 2.94. The molecule has 24 heavy (non-hydrogen) atoms. The Morgan fingerprint density at radius 2 is 2.08 bits per heavy atom. The van der Waals surface area contributed by atoms with Gasteiger partial charge in [0.2, 0.25) is 5.91 Å². The van der Waals surface area contributed by atoms with Crippen molar-refractivity contribution in [2.45, 2.75) is 39.2 Å². The van der Waals surface area contributed by atoms with Gasteiger partial charge in [-0.2, -0.15) is 0 Å². The Kier molecular flexibility index (Phi) is 4.13. The average molecular weight is 327 g/mol. The van der Waals surface area contributed by atoms with Gasteiger partial charge in [-0.25, -0.2) is 0 Å². The van der Waals surface area contributed by atoms with E-state index in [0.29, 0.717) is 23.4 Å². The summed E-state index contributed by atoms with van der Waals surface area (Å²) in [7, 11) is 1.73. The van der Waals surface area contributed by atoms with Gasteiger partial charge in [0.25, 0.3) is 5.91 Å². The number of fused-ring (bicyclic) bond motifs is 1. The molecule has 1 atom stereocenters. The maximum absolute atomic E-state index is 12.7. The maximum atomic E-state index is 12.7. The first-order valence-corrected chi connectivity index (χ1v) is 8.02. The van der Waals surface area contributed by atoms with Gasteiger partial charge in [-0.05, 0) is 18.6 Å². The molecule has 1 N–H and O–H groups in total. The van der Waals surface area contributed by atoms with Crippen LogP contribution < -0.4 is 10.2 Å². The van der Waals surface area contributed by atoms with Crippen LogP contribution in [0, 0.1) is 6.92 Å². The second kappa shape index (κ2) is 6.11. The number of aryl methyl sites for hydroxylation is 1. The first-order valence-electron chi connectivity index (χ1n) is 8.02. The van der Waals surface area contributed by atoms with Gasteiger partial charge in [0.05, 0.1) is 5.69 Å². The van der Waals surface area contributed by atoms with Crippen LogP contribution in [0.1, 0.15) is 47.1 Å². The molecule has 1 aliphatic heterocycles. The number of nitrogens with zero attached hydrogens (tertiary/aromatic N) is 2. The SMILES string of the molecule is Cc1noc(C(C)C)c1C(=O)NC1Cc2ccccc2N(C)C1=O. The van der Waals surface area contributed by atoms with Crippen molar-refractivity contribution in [3.05, 3.63) is 46.8 Å². The molecule has 126 valence electrons. The van der Waals surface area contributed by atoms with Crippen LogP contribution >= 0.6 is 0 Å². The lowest BCUT2D eigenvalue weighted by molar-refractivity contribution is -0.120. The highest BCUT2D eigenvalue weighted by Gasteiger charge is 2.33. The van der Waals surface area contributed by atoms with E-state index in [9.17, 15) is 9.59 Å². The number of nitrogens with one attached hydrogen (secondary N) is 1. The molecule has 2 amide bonds. The highest BCUT2D eigenvalue weighted by atomic mass is 16.5. The zero-order valence-corrected chi connectivity index (χ0v) is 14.3. The predicted octanol–water partition coefficient (Wildman–Crippen LogP) is 2.42. The van der Waals surface area contributed by atoms with Gasteiger partial charge >= 0.3 is 0 Å². The fourth-order valence-electron chi connectivity index (χ4n) is 3.07. The van der Waals surface area contributed by atoms with Crippen LogP contribution in [0.3, 0.4) is 0 Å². The molecule has 2 aromatic rings. The van der Waals surface area contributed by atoms with E-state index in [1.807, 2.05) is 38.1 Å². The molecule has 0 saturated heterocycles. The molecule has 0 bridgehead atoms. The Morgan fingerprint density at radius 3 is 2.79 bits per heavy atom. The van der Waals surface area contributed by atoms with Crippen molar-refractivity contribution in [3.63, 3.8) is 0 Å². The molecule has 1 aliphatic rings. The smallest absolute Gasteiger partial charge is 0.257 e. The van der Waals surface area contributed by atoms with Crippen molar-refractivity contribution in [1.82, 2.24) is 10.5 Å². The summed E-state index contributed by atoms with van der Waals surface area (Å²) in [5.74, 6) is 0.144. The summed E-state index contributed by atoms with van der Waals surface area (Å²) in [5.41, 5.74) is 2.89. The largest absolute Gasteiger partial charge is 0.360 e. The number of carbonyl (C=O) groups excluding carboxylic acids is 2. The molecule has 6 heteroatoms. The summed E-state index contributed by atoms with van der Waals surface area (Å²) < 4.78 is 5.27. The van der Waals surface area contributed by atoms with E-state index in [1.165, 1.54) is 0 Å². The van der Waals surface area contributed by atoms with E-state index in [-0.39, 0.29) is 17.7 Å². The maximum Gasteiger partial charge on any atom is 0.257 e. The summed E-state index contributed by atoms with van der Waals surface area (Å²) in [4.78, 5) is 26.9. The van der Waals surface area contributed by atoms with Gasteiger partial charge < -0.3 is 14.7 Å². The topological polar surface area (TPSA) is 75.4 Å². The van der Waals surface area contributed by atoms with E-state index in [4.69, 9.17) is 4.52 Å². The van der Waals surface area contributed by atoms with Gasteiger partial charge in [0, 0.05) is 25.1 Å². The predicted molar refractivity (Wildman–Crippen MR) is 90.1 cm³/mol. The van der Waals surface area contributed by atoms with Crippen LogP contribution in [0.25, 0.3) is 0 Å². The molecular formula is C18H21N3O3. The lowest BCUT2D eigenvalue weighted by Crippen LogP contribution is -2.51. The zero-order valence-electron chi connectivity index (χ0n) is 14.3. The second-order valence-electron chi connectivity index (χ2n) is 6.42. The van der Waals surface area contributed by atoms with E-state index in [0.717, 1.165) is 11.3 Å². The van der Waals surface area contributed by atoms with Crippen molar-refractivity contribution >= 4 is 17.5 Å². The van der Waals surface area contributed by atoms with Gasteiger partial charge in [-0.1, -0.05) is 37.2 Å². The number of aromatic nitrogens is 1. The highest BCUT2D eigenvalue weighted by Crippen LogP contribution is 2.27. The Hall–Kier alpha value is -2.63. The first-order chi connectivity index (χ1) is 11.4. The van der Waals surface area contributed by atoms with Gasteiger partial charge in [0.15, 0.2) is 5.76 Å².